The van der Waals surface area contributed by atoms with Crippen molar-refractivity contribution in [3.05, 3.63) is 95.9 Å². The Morgan fingerprint density at radius 2 is 1.76 bits per heavy atom. The molecule has 5 heterocycles. The van der Waals surface area contributed by atoms with Crippen LogP contribution in [0.1, 0.15) is 40.9 Å². The highest BCUT2D eigenvalue weighted by Gasteiger charge is 2.32. The fraction of sp³-hybridized carbons (Fsp3) is 0.432. The molecule has 2 amide bonds. The van der Waals surface area contributed by atoms with Crippen molar-refractivity contribution in [3.8, 4) is 17.3 Å². The topological polar surface area (TPSA) is 124 Å². The van der Waals surface area contributed by atoms with Gasteiger partial charge in [-0.15, -0.1) is 5.10 Å². The molecule has 1 N–H and O–H groups in total. The standard InChI is InChI=1S/C37H45N7O5/c1-47-34-14-6-5-13-33(34)44-27-30(40-41-44)25-32-37(46)43-19-15-29(16-20-43)26-42(18-8-11-28-9-3-2-4-10-28)21-22-48-23-24-49-36-31(35(45)39-32)12-7-17-38-36/h2-7,9-10,12-14,17,27,29,32H,8,11,15-16,18-26H2,1H3,(H,39,45)/t32-/m1/s1. The summed E-state index contributed by atoms with van der Waals surface area (Å²) in [5.41, 5.74) is 2.89. The summed E-state index contributed by atoms with van der Waals surface area (Å²) in [6, 6.07) is 20.6. The van der Waals surface area contributed by atoms with Crippen LogP contribution in [0.15, 0.2) is 79.1 Å². The van der Waals surface area contributed by atoms with E-state index in [1.807, 2.05) is 29.2 Å². The Labute approximate surface area is 287 Å². The van der Waals surface area contributed by atoms with Gasteiger partial charge in [0, 0.05) is 38.8 Å². The molecule has 0 saturated carbocycles. The smallest absolute Gasteiger partial charge is 0.257 e. The number of aryl methyl sites for hydroxylation is 1. The molecule has 1 saturated heterocycles. The molecule has 0 unspecified atom stereocenters. The number of amides is 2. The van der Waals surface area contributed by atoms with Crippen LogP contribution >= 0.6 is 0 Å². The van der Waals surface area contributed by atoms with Crippen LogP contribution in [-0.2, 0) is 22.4 Å². The molecule has 1 atom stereocenters. The molecule has 0 spiro atoms. The van der Waals surface area contributed by atoms with E-state index in [9.17, 15) is 9.59 Å². The van der Waals surface area contributed by atoms with E-state index in [1.54, 1.807) is 36.3 Å². The van der Waals surface area contributed by atoms with E-state index in [2.05, 4.69) is 55.8 Å². The van der Waals surface area contributed by atoms with Gasteiger partial charge in [-0.3, -0.25) is 9.59 Å². The van der Waals surface area contributed by atoms with Crippen LogP contribution in [0.4, 0.5) is 0 Å². The number of ether oxygens (including phenoxy) is 3. The number of carbonyl (C=O) groups excluding carboxylic acids is 2. The van der Waals surface area contributed by atoms with Crippen LogP contribution in [0.25, 0.3) is 5.69 Å². The van der Waals surface area contributed by atoms with Gasteiger partial charge in [0.05, 0.1) is 32.2 Å². The summed E-state index contributed by atoms with van der Waals surface area (Å²) in [7, 11) is 1.60. The number of aromatic nitrogens is 4. The van der Waals surface area contributed by atoms with E-state index in [-0.39, 0.29) is 30.4 Å². The highest BCUT2D eigenvalue weighted by Crippen LogP contribution is 2.23. The highest BCUT2D eigenvalue weighted by molar-refractivity contribution is 5.99. The number of fused-ring (bicyclic) bond motifs is 12. The SMILES string of the molecule is COc1ccccc1-n1cc(C[C@H]2NC(=O)c3cccnc3OCCOCCN(CCCc3ccccc3)CC3CCN(CC3)C2=O)nn1. The second-order valence-corrected chi connectivity index (χ2v) is 12.5. The van der Waals surface area contributed by atoms with E-state index in [1.165, 1.54) is 5.56 Å². The van der Waals surface area contributed by atoms with Gasteiger partial charge in [-0.05, 0) is 68.0 Å². The van der Waals surface area contributed by atoms with Crippen molar-refractivity contribution in [2.75, 3.05) is 59.7 Å². The number of benzene rings is 2. The summed E-state index contributed by atoms with van der Waals surface area (Å²) in [5.74, 6) is 0.726. The van der Waals surface area contributed by atoms with Gasteiger partial charge in [0.15, 0.2) is 0 Å². The number of rotatable bonds is 8. The summed E-state index contributed by atoms with van der Waals surface area (Å²) >= 11 is 0. The third kappa shape index (κ3) is 9.21. The van der Waals surface area contributed by atoms with Crippen LogP contribution < -0.4 is 14.8 Å². The van der Waals surface area contributed by atoms with Crippen molar-refractivity contribution in [2.45, 2.75) is 38.1 Å². The summed E-state index contributed by atoms with van der Waals surface area (Å²) in [5, 5.41) is 11.6. The second-order valence-electron chi connectivity index (χ2n) is 12.5. The third-order valence-electron chi connectivity index (χ3n) is 9.15. The fourth-order valence-electron chi connectivity index (χ4n) is 6.51. The zero-order valence-corrected chi connectivity index (χ0v) is 28.1. The molecule has 4 aromatic rings. The van der Waals surface area contributed by atoms with Crippen LogP contribution in [0, 0.1) is 5.92 Å². The van der Waals surface area contributed by atoms with Gasteiger partial charge < -0.3 is 29.3 Å². The highest BCUT2D eigenvalue weighted by atomic mass is 16.5. The summed E-state index contributed by atoms with van der Waals surface area (Å²) < 4.78 is 19.0. The van der Waals surface area contributed by atoms with E-state index in [0.717, 1.165) is 51.0 Å². The quantitative estimate of drug-likeness (QED) is 0.281. The maximum atomic E-state index is 14.1. The fourth-order valence-corrected chi connectivity index (χ4v) is 6.51. The Kier molecular flexibility index (Phi) is 11.8. The van der Waals surface area contributed by atoms with E-state index in [4.69, 9.17) is 14.2 Å². The second kappa shape index (κ2) is 17.0. The largest absolute Gasteiger partial charge is 0.494 e. The van der Waals surface area contributed by atoms with Crippen molar-refractivity contribution in [1.82, 2.24) is 35.1 Å². The average Bonchev–Trinajstić information content (AvgIpc) is 3.61. The lowest BCUT2D eigenvalue weighted by Crippen LogP contribution is -2.52. The predicted molar refractivity (Wildman–Crippen MR) is 184 cm³/mol. The molecule has 12 heteroatoms. The normalized spacial score (nSPS) is 19.7. The number of hydrogen-bond donors (Lipinski definition) is 1. The Balaban J connectivity index is 1.19. The van der Waals surface area contributed by atoms with Gasteiger partial charge in [-0.2, -0.15) is 0 Å². The molecule has 2 bridgehead atoms. The maximum absolute atomic E-state index is 14.1. The molecule has 7 rings (SSSR count). The first kappa shape index (κ1) is 34.1. The van der Waals surface area contributed by atoms with Crippen molar-refractivity contribution < 1.29 is 23.8 Å². The lowest BCUT2D eigenvalue weighted by atomic mass is 9.95. The van der Waals surface area contributed by atoms with Crippen LogP contribution in [0.3, 0.4) is 0 Å². The molecule has 3 aliphatic heterocycles. The van der Waals surface area contributed by atoms with Gasteiger partial charge in [0.25, 0.3) is 5.91 Å². The van der Waals surface area contributed by atoms with Crippen molar-refractivity contribution in [3.63, 3.8) is 0 Å². The van der Waals surface area contributed by atoms with Gasteiger partial charge in [0.2, 0.25) is 11.8 Å². The van der Waals surface area contributed by atoms with Gasteiger partial charge >= 0.3 is 0 Å². The number of nitrogens with zero attached hydrogens (tertiary/aromatic N) is 6. The molecule has 49 heavy (non-hydrogen) atoms. The Bertz CT molecular complexity index is 1660. The molecule has 0 radical (unpaired) electrons. The first-order valence-corrected chi connectivity index (χ1v) is 17.1. The number of carbonyl (C=O) groups is 2. The minimum absolute atomic E-state index is 0.140. The first-order valence-electron chi connectivity index (χ1n) is 17.1. The monoisotopic (exact) mass is 667 g/mol. The number of methoxy groups -OCH3 is 1. The lowest BCUT2D eigenvalue weighted by Gasteiger charge is -2.36. The molecule has 1 fully saturated rings. The predicted octanol–water partition coefficient (Wildman–Crippen LogP) is 3.59. The van der Waals surface area contributed by atoms with Gasteiger partial charge in [0.1, 0.15) is 29.6 Å². The first-order chi connectivity index (χ1) is 24.1. The zero-order valence-electron chi connectivity index (χ0n) is 28.1. The number of nitrogens with one attached hydrogen (secondary N) is 1. The van der Waals surface area contributed by atoms with Crippen LogP contribution in [0.5, 0.6) is 11.6 Å². The van der Waals surface area contributed by atoms with E-state index in [0.29, 0.717) is 43.7 Å². The number of para-hydroxylation sites is 2. The van der Waals surface area contributed by atoms with Gasteiger partial charge in [-0.1, -0.05) is 47.7 Å². The minimum atomic E-state index is -0.864. The molecule has 12 nitrogen and oxygen atoms in total. The van der Waals surface area contributed by atoms with Crippen molar-refractivity contribution in [2.24, 2.45) is 5.92 Å². The molecule has 2 aromatic carbocycles. The zero-order chi connectivity index (χ0) is 33.8. The van der Waals surface area contributed by atoms with Crippen molar-refractivity contribution in [1.29, 1.82) is 0 Å². The molecular weight excluding hydrogens is 622 g/mol. The summed E-state index contributed by atoms with van der Waals surface area (Å²) in [6.45, 7) is 5.22. The minimum Gasteiger partial charge on any atom is -0.494 e. The number of hydrogen-bond acceptors (Lipinski definition) is 9. The van der Waals surface area contributed by atoms with E-state index >= 15 is 0 Å². The molecular formula is C37H45N7O5. The summed E-state index contributed by atoms with van der Waals surface area (Å²) in [4.78, 5) is 36.5. The molecule has 3 aliphatic rings. The number of piperidine rings is 1. The third-order valence-corrected chi connectivity index (χ3v) is 9.15. The Morgan fingerprint density at radius 3 is 2.59 bits per heavy atom. The van der Waals surface area contributed by atoms with Gasteiger partial charge in [-0.25, -0.2) is 9.67 Å². The maximum Gasteiger partial charge on any atom is 0.257 e. The number of pyridine rings is 1. The molecule has 0 aliphatic carbocycles. The summed E-state index contributed by atoms with van der Waals surface area (Å²) in [6.07, 6.45) is 7.40. The van der Waals surface area contributed by atoms with E-state index < -0.39 is 11.9 Å². The van der Waals surface area contributed by atoms with Crippen LogP contribution in [0.2, 0.25) is 0 Å². The Hall–Kier alpha value is -4.81. The Morgan fingerprint density at radius 1 is 0.939 bits per heavy atom. The van der Waals surface area contributed by atoms with Crippen LogP contribution in [-0.4, -0.2) is 107 Å². The lowest BCUT2D eigenvalue weighted by molar-refractivity contribution is -0.134. The van der Waals surface area contributed by atoms with Crippen molar-refractivity contribution >= 4 is 11.8 Å². The average molecular weight is 668 g/mol. The molecule has 2 aromatic heterocycles. The molecule has 258 valence electrons.